The van der Waals surface area contributed by atoms with E-state index in [0.29, 0.717) is 18.1 Å². The van der Waals surface area contributed by atoms with Crippen LogP contribution in [0.15, 0.2) is 24.4 Å². The Hall–Kier alpha value is -1.12. The summed E-state index contributed by atoms with van der Waals surface area (Å²) in [7, 11) is 0. The zero-order chi connectivity index (χ0) is 19.0. The summed E-state index contributed by atoms with van der Waals surface area (Å²) < 4.78 is 7.04. The third-order valence-electron chi connectivity index (χ3n) is 5.95. The number of nitrogens with one attached hydrogen (secondary N) is 2. The fourth-order valence-corrected chi connectivity index (χ4v) is 4.71. The van der Waals surface area contributed by atoms with Gasteiger partial charge in [-0.1, -0.05) is 0 Å². The molecular formula is C21H27IN2O3. The van der Waals surface area contributed by atoms with Crippen molar-refractivity contribution < 1.29 is 14.6 Å². The number of aromatic nitrogens is 1. The predicted molar refractivity (Wildman–Crippen MR) is 114 cm³/mol. The van der Waals surface area contributed by atoms with Crippen molar-refractivity contribution in [2.75, 3.05) is 6.61 Å². The first kappa shape index (κ1) is 19.2. The summed E-state index contributed by atoms with van der Waals surface area (Å²) >= 11 is 2.25. The van der Waals surface area contributed by atoms with E-state index >= 15 is 0 Å². The lowest BCUT2D eigenvalue weighted by molar-refractivity contribution is -0.0835. The summed E-state index contributed by atoms with van der Waals surface area (Å²) in [6.07, 6.45) is 7.97. The number of hydrogen-bond donors (Lipinski definition) is 3. The van der Waals surface area contributed by atoms with Gasteiger partial charge < -0.3 is 20.1 Å². The lowest BCUT2D eigenvalue weighted by Crippen LogP contribution is -2.41. The summed E-state index contributed by atoms with van der Waals surface area (Å²) in [5.41, 5.74) is 0.921. The van der Waals surface area contributed by atoms with Crippen LogP contribution in [0.1, 0.15) is 55.8 Å². The van der Waals surface area contributed by atoms with Crippen molar-refractivity contribution in [1.29, 1.82) is 0 Å². The molecule has 1 aromatic carbocycles. The molecule has 27 heavy (non-hydrogen) atoms. The number of aromatic amines is 1. The molecule has 1 aromatic heterocycles. The van der Waals surface area contributed by atoms with Crippen LogP contribution >= 0.6 is 22.6 Å². The van der Waals surface area contributed by atoms with E-state index in [1.165, 1.54) is 0 Å². The molecule has 5 nitrogen and oxygen atoms in total. The van der Waals surface area contributed by atoms with Crippen LogP contribution < -0.4 is 5.32 Å². The number of carbonyl (C=O) groups is 1. The maximum atomic E-state index is 12.8. The molecule has 1 amide bonds. The van der Waals surface area contributed by atoms with Gasteiger partial charge in [0.25, 0.3) is 5.91 Å². The topological polar surface area (TPSA) is 74.3 Å². The number of amides is 1. The highest BCUT2D eigenvalue weighted by Crippen LogP contribution is 2.40. The zero-order valence-corrected chi connectivity index (χ0v) is 17.8. The number of H-pyrrole nitrogens is 1. The standard InChI is InChI=1S/C21H27IN2O3/c1-21(26,14-2-3-14)12-27-17-6-4-16(5-7-17)24-20(25)18-11-15(22)10-13-8-9-23-19(13)18/h8-11,14,16-17,23,26H,2-7,12H2,1H3,(H,24,25)/t16-,17-,21?. The highest BCUT2D eigenvalue weighted by Gasteiger charge is 2.40. The molecule has 2 fully saturated rings. The van der Waals surface area contributed by atoms with Crippen LogP contribution in [0.25, 0.3) is 10.9 Å². The van der Waals surface area contributed by atoms with E-state index in [4.69, 9.17) is 4.74 Å². The Kier molecular flexibility index (Phi) is 5.49. The average molecular weight is 482 g/mol. The van der Waals surface area contributed by atoms with E-state index in [-0.39, 0.29) is 18.1 Å². The number of carbonyl (C=O) groups excluding carboxylic acids is 1. The van der Waals surface area contributed by atoms with Crippen molar-refractivity contribution in [1.82, 2.24) is 10.3 Å². The summed E-state index contributed by atoms with van der Waals surface area (Å²) in [4.78, 5) is 16.0. The first-order valence-corrected chi connectivity index (χ1v) is 10.9. The van der Waals surface area contributed by atoms with Gasteiger partial charge in [-0.25, -0.2) is 0 Å². The molecule has 1 atom stereocenters. The van der Waals surface area contributed by atoms with Crippen molar-refractivity contribution in [2.45, 2.75) is 63.2 Å². The van der Waals surface area contributed by atoms with E-state index in [0.717, 1.165) is 53.0 Å². The maximum Gasteiger partial charge on any atom is 0.253 e. The van der Waals surface area contributed by atoms with Crippen LogP contribution in [0.5, 0.6) is 0 Å². The van der Waals surface area contributed by atoms with E-state index in [1.807, 2.05) is 25.3 Å². The predicted octanol–water partition coefficient (Wildman–Crippen LogP) is 3.99. The lowest BCUT2D eigenvalue weighted by Gasteiger charge is -2.32. The number of benzene rings is 1. The normalized spacial score (nSPS) is 25.3. The van der Waals surface area contributed by atoms with Crippen molar-refractivity contribution >= 4 is 39.4 Å². The third kappa shape index (κ3) is 4.49. The van der Waals surface area contributed by atoms with E-state index in [1.54, 1.807) is 0 Å². The second-order valence-electron chi connectivity index (χ2n) is 8.28. The summed E-state index contributed by atoms with van der Waals surface area (Å²) in [6.45, 7) is 2.31. The van der Waals surface area contributed by atoms with E-state index < -0.39 is 5.60 Å². The number of ether oxygens (including phenoxy) is 1. The van der Waals surface area contributed by atoms with Gasteiger partial charge in [-0.15, -0.1) is 0 Å². The fourth-order valence-electron chi connectivity index (χ4n) is 4.06. The molecule has 1 heterocycles. The summed E-state index contributed by atoms with van der Waals surface area (Å²) in [5, 5.41) is 14.6. The minimum Gasteiger partial charge on any atom is -0.387 e. The molecule has 0 spiro atoms. The molecule has 4 rings (SSSR count). The molecule has 0 bridgehead atoms. The Morgan fingerprint density at radius 2 is 2.04 bits per heavy atom. The molecule has 6 heteroatoms. The Balaban J connectivity index is 1.30. The molecule has 2 aliphatic carbocycles. The molecule has 1 unspecified atom stereocenters. The van der Waals surface area contributed by atoms with Crippen LogP contribution in [0.2, 0.25) is 0 Å². The maximum absolute atomic E-state index is 12.8. The van der Waals surface area contributed by atoms with Gasteiger partial charge >= 0.3 is 0 Å². The van der Waals surface area contributed by atoms with Crippen molar-refractivity contribution in [3.63, 3.8) is 0 Å². The molecule has 2 saturated carbocycles. The second-order valence-corrected chi connectivity index (χ2v) is 9.53. The second kappa shape index (κ2) is 7.72. The van der Waals surface area contributed by atoms with Gasteiger partial charge in [0.05, 0.1) is 29.4 Å². The number of fused-ring (bicyclic) bond motifs is 1. The average Bonchev–Trinajstić information content (AvgIpc) is 3.40. The monoisotopic (exact) mass is 482 g/mol. The number of halogens is 1. The number of aliphatic hydroxyl groups is 1. The van der Waals surface area contributed by atoms with Crippen LogP contribution in [0, 0.1) is 9.49 Å². The van der Waals surface area contributed by atoms with Gasteiger partial charge in [-0.3, -0.25) is 4.79 Å². The molecular weight excluding hydrogens is 455 g/mol. The minimum atomic E-state index is -0.684. The Bertz CT molecular complexity index is 820. The van der Waals surface area contributed by atoms with Gasteiger partial charge in [0.1, 0.15) is 0 Å². The quantitative estimate of drug-likeness (QED) is 0.546. The van der Waals surface area contributed by atoms with E-state index in [2.05, 4.69) is 39.0 Å². The molecule has 0 aliphatic heterocycles. The Labute approximate surface area is 173 Å². The molecule has 2 aliphatic rings. The van der Waals surface area contributed by atoms with Crippen LogP contribution in [0.4, 0.5) is 0 Å². The molecule has 2 aromatic rings. The van der Waals surface area contributed by atoms with Gasteiger partial charge in [0.2, 0.25) is 0 Å². The SMILES string of the molecule is CC(O)(CO[C@H]1CC[C@H](NC(=O)c2cc(I)cc3cc[nH]c23)CC1)C1CC1. The van der Waals surface area contributed by atoms with Crippen LogP contribution in [-0.2, 0) is 4.74 Å². The minimum absolute atomic E-state index is 0.0120. The number of rotatable bonds is 6. The smallest absolute Gasteiger partial charge is 0.253 e. The largest absolute Gasteiger partial charge is 0.387 e. The zero-order valence-electron chi connectivity index (χ0n) is 15.6. The van der Waals surface area contributed by atoms with Gasteiger partial charge in [-0.05, 0) is 92.2 Å². The van der Waals surface area contributed by atoms with Gasteiger partial charge in [0.15, 0.2) is 0 Å². The fraction of sp³-hybridized carbons (Fsp3) is 0.571. The Morgan fingerprint density at radius 3 is 2.74 bits per heavy atom. The third-order valence-corrected chi connectivity index (χ3v) is 6.57. The van der Waals surface area contributed by atoms with Crippen molar-refractivity contribution in [3.8, 4) is 0 Å². The molecule has 146 valence electrons. The van der Waals surface area contributed by atoms with Crippen molar-refractivity contribution in [2.24, 2.45) is 5.92 Å². The first-order valence-electron chi connectivity index (χ1n) is 9.84. The highest BCUT2D eigenvalue weighted by atomic mass is 127. The summed E-state index contributed by atoms with van der Waals surface area (Å²) in [5.74, 6) is 0.397. The molecule has 0 saturated heterocycles. The number of hydrogen-bond acceptors (Lipinski definition) is 3. The molecule has 0 radical (unpaired) electrons. The van der Waals surface area contributed by atoms with Gasteiger partial charge in [-0.2, -0.15) is 0 Å². The van der Waals surface area contributed by atoms with Crippen LogP contribution in [0.3, 0.4) is 0 Å². The first-order chi connectivity index (χ1) is 12.9. The summed E-state index contributed by atoms with van der Waals surface area (Å²) in [6, 6.07) is 6.18. The van der Waals surface area contributed by atoms with Crippen molar-refractivity contribution in [3.05, 3.63) is 33.5 Å². The highest BCUT2D eigenvalue weighted by molar-refractivity contribution is 14.1. The van der Waals surface area contributed by atoms with Gasteiger partial charge in [0, 0.05) is 21.2 Å². The lowest BCUT2D eigenvalue weighted by atomic mass is 9.92. The Morgan fingerprint density at radius 1 is 1.30 bits per heavy atom. The van der Waals surface area contributed by atoms with Crippen LogP contribution in [-0.4, -0.2) is 40.4 Å². The van der Waals surface area contributed by atoms with E-state index in [9.17, 15) is 9.90 Å². The molecule has 3 N–H and O–H groups in total.